The highest BCUT2D eigenvalue weighted by molar-refractivity contribution is 7.15. The highest BCUT2D eigenvalue weighted by Crippen LogP contribution is 2.35. The van der Waals surface area contributed by atoms with Crippen LogP contribution in [0.5, 0.6) is 0 Å². The molecule has 0 spiro atoms. The van der Waals surface area contributed by atoms with E-state index in [1.807, 2.05) is 19.9 Å². The predicted octanol–water partition coefficient (Wildman–Crippen LogP) is 4.53. The number of anilines is 1. The number of amides is 1. The third-order valence-electron chi connectivity index (χ3n) is 4.96. The predicted molar refractivity (Wildman–Crippen MR) is 102 cm³/mol. The molecule has 1 saturated carbocycles. The van der Waals surface area contributed by atoms with Crippen LogP contribution in [0.15, 0.2) is 16.7 Å². The SMILES string of the molecule is Cc1cc(C)c2c(CC(=O)Nc3nnc(C4CCCCC4)s3)noc2c1. The van der Waals surface area contributed by atoms with E-state index in [9.17, 15) is 4.79 Å². The largest absolute Gasteiger partial charge is 0.356 e. The van der Waals surface area contributed by atoms with Crippen molar-refractivity contribution in [3.63, 3.8) is 0 Å². The molecule has 0 saturated heterocycles. The van der Waals surface area contributed by atoms with Crippen LogP contribution in [0.25, 0.3) is 11.0 Å². The van der Waals surface area contributed by atoms with Gasteiger partial charge in [0.05, 0.1) is 6.42 Å². The second kappa shape index (κ2) is 7.15. The lowest BCUT2D eigenvalue weighted by Gasteiger charge is -2.18. The average Bonchev–Trinajstić information content (AvgIpc) is 3.23. The van der Waals surface area contributed by atoms with E-state index in [2.05, 4.69) is 26.7 Å². The van der Waals surface area contributed by atoms with Crippen molar-refractivity contribution in [1.82, 2.24) is 15.4 Å². The summed E-state index contributed by atoms with van der Waals surface area (Å²) in [6.45, 7) is 4.02. The minimum atomic E-state index is -0.147. The molecule has 1 aromatic carbocycles. The van der Waals surface area contributed by atoms with Gasteiger partial charge in [-0.2, -0.15) is 0 Å². The second-order valence-electron chi connectivity index (χ2n) is 7.09. The maximum atomic E-state index is 12.4. The molecule has 3 aromatic rings. The molecule has 0 unspecified atom stereocenters. The number of aryl methyl sites for hydroxylation is 2. The molecular weight excluding hydrogens is 348 g/mol. The van der Waals surface area contributed by atoms with Crippen LogP contribution < -0.4 is 5.32 Å². The van der Waals surface area contributed by atoms with E-state index in [0.717, 1.165) is 27.1 Å². The van der Waals surface area contributed by atoms with E-state index in [1.54, 1.807) is 0 Å². The zero-order valence-electron chi connectivity index (χ0n) is 15.0. The standard InChI is InChI=1S/C19H22N4O2S/c1-11-8-12(2)17-14(23-25-15(17)9-11)10-16(24)20-19-22-21-18(26-19)13-6-4-3-5-7-13/h8-9,13H,3-7,10H2,1-2H3,(H,20,22,24). The molecule has 0 aliphatic heterocycles. The third-order valence-corrected chi connectivity index (χ3v) is 5.96. The number of fused-ring (bicyclic) bond motifs is 1. The summed E-state index contributed by atoms with van der Waals surface area (Å²) in [6, 6.07) is 4.01. The fraction of sp³-hybridized carbons (Fsp3) is 0.474. The van der Waals surface area contributed by atoms with Gasteiger partial charge in [0.1, 0.15) is 10.7 Å². The number of nitrogens with zero attached hydrogens (tertiary/aromatic N) is 3. The fourth-order valence-corrected chi connectivity index (χ4v) is 4.68. The molecule has 1 aliphatic carbocycles. The number of hydrogen-bond donors (Lipinski definition) is 1. The summed E-state index contributed by atoms with van der Waals surface area (Å²) in [5.41, 5.74) is 3.57. The zero-order valence-corrected chi connectivity index (χ0v) is 15.9. The number of aromatic nitrogens is 3. The molecule has 1 aliphatic rings. The van der Waals surface area contributed by atoms with Crippen molar-refractivity contribution >= 4 is 33.3 Å². The number of nitrogens with one attached hydrogen (secondary N) is 1. The molecule has 0 radical (unpaired) electrons. The van der Waals surface area contributed by atoms with Gasteiger partial charge in [-0.1, -0.05) is 41.8 Å². The minimum absolute atomic E-state index is 0.147. The average molecular weight is 370 g/mol. The molecule has 6 nitrogen and oxygen atoms in total. The van der Waals surface area contributed by atoms with Crippen molar-refractivity contribution in [3.8, 4) is 0 Å². The van der Waals surface area contributed by atoms with Crippen molar-refractivity contribution in [1.29, 1.82) is 0 Å². The lowest BCUT2D eigenvalue weighted by atomic mass is 9.90. The van der Waals surface area contributed by atoms with Gasteiger partial charge in [0, 0.05) is 11.3 Å². The summed E-state index contributed by atoms with van der Waals surface area (Å²) >= 11 is 1.49. The van der Waals surface area contributed by atoms with E-state index < -0.39 is 0 Å². The van der Waals surface area contributed by atoms with E-state index in [1.165, 1.54) is 43.4 Å². The van der Waals surface area contributed by atoms with Crippen LogP contribution in [0.3, 0.4) is 0 Å². The molecule has 2 aromatic heterocycles. The van der Waals surface area contributed by atoms with Crippen LogP contribution in [-0.2, 0) is 11.2 Å². The number of hydrogen-bond acceptors (Lipinski definition) is 6. The first-order chi connectivity index (χ1) is 12.6. The normalized spacial score (nSPS) is 15.5. The molecule has 7 heteroatoms. The van der Waals surface area contributed by atoms with Gasteiger partial charge in [-0.3, -0.25) is 4.79 Å². The van der Waals surface area contributed by atoms with Crippen molar-refractivity contribution in [2.45, 2.75) is 58.3 Å². The van der Waals surface area contributed by atoms with Gasteiger partial charge in [0.25, 0.3) is 0 Å². The first kappa shape index (κ1) is 17.1. The Bertz CT molecular complexity index is 940. The molecule has 1 N–H and O–H groups in total. The molecular formula is C19H22N4O2S. The third kappa shape index (κ3) is 3.49. The van der Waals surface area contributed by atoms with Gasteiger partial charge >= 0.3 is 0 Å². The Balaban J connectivity index is 1.45. The van der Waals surface area contributed by atoms with Gasteiger partial charge < -0.3 is 9.84 Å². The van der Waals surface area contributed by atoms with Crippen LogP contribution in [0, 0.1) is 13.8 Å². The number of benzene rings is 1. The van der Waals surface area contributed by atoms with Crippen LogP contribution >= 0.6 is 11.3 Å². The quantitative estimate of drug-likeness (QED) is 0.730. The molecule has 0 bridgehead atoms. The molecule has 1 amide bonds. The maximum absolute atomic E-state index is 12.4. The highest BCUT2D eigenvalue weighted by Gasteiger charge is 2.21. The molecule has 1 fully saturated rings. The molecule has 26 heavy (non-hydrogen) atoms. The van der Waals surface area contributed by atoms with Gasteiger partial charge in [-0.05, 0) is 43.9 Å². The topological polar surface area (TPSA) is 80.9 Å². The van der Waals surface area contributed by atoms with Gasteiger partial charge in [-0.15, -0.1) is 10.2 Å². The number of carbonyl (C=O) groups excluding carboxylic acids is 1. The lowest BCUT2D eigenvalue weighted by Crippen LogP contribution is -2.14. The first-order valence-corrected chi connectivity index (χ1v) is 9.90. The summed E-state index contributed by atoms with van der Waals surface area (Å²) < 4.78 is 5.39. The molecule has 0 atom stereocenters. The second-order valence-corrected chi connectivity index (χ2v) is 8.10. The Labute approximate surface area is 156 Å². The summed E-state index contributed by atoms with van der Waals surface area (Å²) in [5.74, 6) is 0.351. The van der Waals surface area contributed by atoms with Crippen molar-refractivity contribution in [2.75, 3.05) is 5.32 Å². The monoisotopic (exact) mass is 370 g/mol. The Morgan fingerprint density at radius 3 is 2.85 bits per heavy atom. The Morgan fingerprint density at radius 1 is 1.23 bits per heavy atom. The Hall–Kier alpha value is -2.28. The lowest BCUT2D eigenvalue weighted by molar-refractivity contribution is -0.115. The van der Waals surface area contributed by atoms with Gasteiger partial charge in [0.2, 0.25) is 11.0 Å². The first-order valence-electron chi connectivity index (χ1n) is 9.09. The Morgan fingerprint density at radius 2 is 2.04 bits per heavy atom. The minimum Gasteiger partial charge on any atom is -0.356 e. The van der Waals surface area contributed by atoms with Crippen molar-refractivity contribution in [3.05, 3.63) is 34.0 Å². The van der Waals surface area contributed by atoms with Crippen LogP contribution in [0.2, 0.25) is 0 Å². The Kier molecular flexibility index (Phi) is 4.72. The number of rotatable bonds is 4. The summed E-state index contributed by atoms with van der Waals surface area (Å²) in [6.07, 6.45) is 6.32. The van der Waals surface area contributed by atoms with Crippen LogP contribution in [-0.4, -0.2) is 21.3 Å². The van der Waals surface area contributed by atoms with Gasteiger partial charge in [0.15, 0.2) is 5.58 Å². The van der Waals surface area contributed by atoms with E-state index in [0.29, 0.717) is 16.7 Å². The van der Waals surface area contributed by atoms with Gasteiger partial charge in [-0.25, -0.2) is 0 Å². The van der Waals surface area contributed by atoms with Crippen molar-refractivity contribution in [2.24, 2.45) is 0 Å². The molecule has 136 valence electrons. The fourth-order valence-electron chi connectivity index (χ4n) is 3.76. The smallest absolute Gasteiger partial charge is 0.232 e. The number of carbonyl (C=O) groups is 1. The molecule has 4 rings (SSSR count). The zero-order chi connectivity index (χ0) is 18.1. The maximum Gasteiger partial charge on any atom is 0.232 e. The summed E-state index contributed by atoms with van der Waals surface area (Å²) in [7, 11) is 0. The van der Waals surface area contributed by atoms with E-state index >= 15 is 0 Å². The summed E-state index contributed by atoms with van der Waals surface area (Å²) in [5, 5.41) is 17.9. The van der Waals surface area contributed by atoms with E-state index in [4.69, 9.17) is 4.52 Å². The van der Waals surface area contributed by atoms with E-state index in [-0.39, 0.29) is 12.3 Å². The summed E-state index contributed by atoms with van der Waals surface area (Å²) in [4.78, 5) is 12.4. The molecule has 2 heterocycles. The van der Waals surface area contributed by atoms with Crippen LogP contribution in [0.4, 0.5) is 5.13 Å². The van der Waals surface area contributed by atoms with Crippen molar-refractivity contribution < 1.29 is 9.32 Å². The highest BCUT2D eigenvalue weighted by atomic mass is 32.1. The van der Waals surface area contributed by atoms with Crippen LogP contribution in [0.1, 0.15) is 59.9 Å².